The van der Waals surface area contributed by atoms with E-state index in [0.29, 0.717) is 11.8 Å². The van der Waals surface area contributed by atoms with E-state index in [-0.39, 0.29) is 13.4 Å². The molecule has 0 radical (unpaired) electrons. The zero-order valence-electron chi connectivity index (χ0n) is 45.2. The van der Waals surface area contributed by atoms with Crippen LogP contribution < -0.4 is 32.8 Å². The average Bonchev–Trinajstić information content (AvgIpc) is 3.47. The Balaban J connectivity index is 0.936. The lowest BCUT2D eigenvalue weighted by Crippen LogP contribution is -2.50. The molecule has 16 aromatic rings. The third-order valence-corrected chi connectivity index (χ3v) is 19.2. The summed E-state index contributed by atoms with van der Waals surface area (Å²) in [4.78, 5) is 0. The molecule has 0 amide bonds. The summed E-state index contributed by atoms with van der Waals surface area (Å²) in [7, 11) is 0. The van der Waals surface area contributed by atoms with Crippen molar-refractivity contribution in [2.24, 2.45) is 0 Å². The topological polar surface area (TPSA) is 0 Å². The van der Waals surface area contributed by atoms with Crippen molar-refractivity contribution in [1.29, 1.82) is 0 Å². The Kier molecular flexibility index (Phi) is 9.05. The summed E-state index contributed by atoms with van der Waals surface area (Å²) in [6.07, 6.45) is 0. The lowest BCUT2D eigenvalue weighted by Gasteiger charge is -2.25. The summed E-state index contributed by atoms with van der Waals surface area (Å²) >= 11 is 0. The second-order valence-corrected chi connectivity index (χ2v) is 24.3. The summed E-state index contributed by atoms with van der Waals surface area (Å²) < 4.78 is 0. The Bertz CT molecular complexity index is 4860. The van der Waals surface area contributed by atoms with Crippen molar-refractivity contribution in [1.82, 2.24) is 0 Å². The van der Waals surface area contributed by atoms with Gasteiger partial charge in [0.1, 0.15) is 0 Å². The van der Waals surface area contributed by atoms with Crippen molar-refractivity contribution in [2.45, 2.75) is 39.5 Å². The Morgan fingerprint density at radius 3 is 0.675 bits per heavy atom. The van der Waals surface area contributed by atoms with Crippen LogP contribution in [0.5, 0.6) is 0 Å². The third kappa shape index (κ3) is 6.25. The highest BCUT2D eigenvalue weighted by atomic mass is 14.3. The van der Waals surface area contributed by atoms with Gasteiger partial charge in [0.25, 0.3) is 0 Å². The van der Waals surface area contributed by atoms with E-state index in [4.69, 9.17) is 0 Å². The SMILES string of the molecule is CC(C)c1cc(B2c3cc4cc5ccccc5cc4cc3-c3cc4cc5ccccc5cc4cc32)c2ccc3c(B4c5cc6cc7ccccc7cc6cc5-c5cc6cc7ccccc7cc6cc54)cc(C(C)C)c4ccc1c2c34. The normalized spacial score (nSPS) is 13.2. The molecule has 16 aromatic carbocycles. The fraction of sp³-hybridized carbons (Fsp3) is 0.0769. The second kappa shape index (κ2) is 16.2. The number of hydrogen-bond acceptors (Lipinski definition) is 0. The summed E-state index contributed by atoms with van der Waals surface area (Å²) in [5.74, 6) is 0.604. The third-order valence-electron chi connectivity index (χ3n) is 19.2. The minimum atomic E-state index is 0.0279. The zero-order chi connectivity index (χ0) is 52.8. The molecule has 0 fully saturated rings. The molecule has 0 unspecified atom stereocenters. The fourth-order valence-electron chi connectivity index (χ4n) is 15.5. The molecule has 2 heterocycles. The minimum Gasteiger partial charge on any atom is -0.0623 e. The molecule has 18 rings (SSSR count). The summed E-state index contributed by atoms with van der Waals surface area (Å²) in [5.41, 5.74) is 16.6. The van der Waals surface area contributed by atoms with Gasteiger partial charge in [0.15, 0.2) is 0 Å². The van der Waals surface area contributed by atoms with Gasteiger partial charge in [-0.25, -0.2) is 0 Å². The summed E-state index contributed by atoms with van der Waals surface area (Å²) in [5, 5.41) is 28.9. The van der Waals surface area contributed by atoms with Crippen molar-refractivity contribution in [3.8, 4) is 22.3 Å². The molecule has 80 heavy (non-hydrogen) atoms. The predicted molar refractivity (Wildman–Crippen MR) is 351 cm³/mol. The van der Waals surface area contributed by atoms with Crippen LogP contribution in [-0.2, 0) is 0 Å². The predicted octanol–water partition coefficient (Wildman–Crippen LogP) is 17.0. The van der Waals surface area contributed by atoms with Gasteiger partial charge in [-0.15, -0.1) is 0 Å². The molecule has 0 aliphatic carbocycles. The highest BCUT2D eigenvalue weighted by molar-refractivity contribution is 7.01. The van der Waals surface area contributed by atoms with E-state index in [0.717, 1.165) is 0 Å². The first kappa shape index (κ1) is 44.7. The molecule has 0 saturated carbocycles. The van der Waals surface area contributed by atoms with Gasteiger partial charge >= 0.3 is 0 Å². The molecule has 370 valence electrons. The van der Waals surface area contributed by atoms with Crippen molar-refractivity contribution in [3.63, 3.8) is 0 Å². The standard InChI is InChI=1S/C78H52B2/c1-43(2)65-41-75(79-71-37-57-29-49-17-9-5-13-45(49)25-53(57)33-67(71)68-34-54-26-46-14-6-10-18-50(46)30-58(54)38-72(68)79)63-23-24-64-76(42-66(44(3)4)62-22-21-61(65)77(63)78(62)64)80-73-39-59-31-51-19-11-7-15-47(51)27-55(59)35-69(73)70-36-56-28-48-16-8-12-20-52(48)32-60(56)40-74(70)80/h5-44H,1-4H3. The monoisotopic (exact) mass is 1010 g/mol. The van der Waals surface area contributed by atoms with Gasteiger partial charge in [-0.05, 0) is 237 Å². The summed E-state index contributed by atoms with van der Waals surface area (Å²) in [6, 6.07) is 90.2. The van der Waals surface area contributed by atoms with Crippen LogP contribution in [0.15, 0.2) is 231 Å². The van der Waals surface area contributed by atoms with Crippen LogP contribution in [0.3, 0.4) is 0 Å². The molecule has 2 aliphatic rings. The second-order valence-electron chi connectivity index (χ2n) is 24.3. The lowest BCUT2D eigenvalue weighted by molar-refractivity contribution is 0.876. The van der Waals surface area contributed by atoms with Gasteiger partial charge in [-0.2, -0.15) is 0 Å². The van der Waals surface area contributed by atoms with Crippen LogP contribution in [-0.4, -0.2) is 13.4 Å². The molecule has 0 bridgehead atoms. The smallest absolute Gasteiger partial charge is 0.0623 e. The van der Waals surface area contributed by atoms with Crippen LogP contribution in [0.1, 0.15) is 50.7 Å². The molecular weight excluding hydrogens is 958 g/mol. The van der Waals surface area contributed by atoms with E-state index in [9.17, 15) is 0 Å². The van der Waals surface area contributed by atoms with Crippen molar-refractivity contribution in [2.75, 3.05) is 0 Å². The molecular formula is C78H52B2. The quantitative estimate of drug-likeness (QED) is 0.0936. The first-order valence-corrected chi connectivity index (χ1v) is 28.9. The van der Waals surface area contributed by atoms with E-state index >= 15 is 0 Å². The average molecular weight is 1010 g/mol. The Hall–Kier alpha value is -9.23. The number of hydrogen-bond donors (Lipinski definition) is 0. The van der Waals surface area contributed by atoms with Crippen LogP contribution in [0.25, 0.3) is 141 Å². The highest BCUT2D eigenvalue weighted by Crippen LogP contribution is 2.43. The van der Waals surface area contributed by atoms with E-state index in [1.54, 1.807) is 0 Å². The maximum absolute atomic E-state index is 2.63. The number of benzene rings is 16. The molecule has 2 heteroatoms. The zero-order valence-corrected chi connectivity index (χ0v) is 45.2. The Morgan fingerprint density at radius 2 is 0.438 bits per heavy atom. The van der Waals surface area contributed by atoms with Gasteiger partial charge in [-0.3, -0.25) is 0 Å². The maximum Gasteiger partial charge on any atom is 0.243 e. The van der Waals surface area contributed by atoms with Crippen LogP contribution in [0.4, 0.5) is 0 Å². The molecule has 0 atom stereocenters. The summed E-state index contributed by atoms with van der Waals surface area (Å²) in [6.45, 7) is 9.68. The van der Waals surface area contributed by atoms with Crippen molar-refractivity contribution >= 4 is 165 Å². The largest absolute Gasteiger partial charge is 0.243 e. The molecule has 0 aromatic heterocycles. The molecule has 2 aliphatic heterocycles. The van der Waals surface area contributed by atoms with Gasteiger partial charge in [-0.1, -0.05) is 218 Å². The molecule has 0 N–H and O–H groups in total. The van der Waals surface area contributed by atoms with Crippen molar-refractivity contribution in [3.05, 3.63) is 242 Å². The van der Waals surface area contributed by atoms with Gasteiger partial charge in [0.2, 0.25) is 13.4 Å². The van der Waals surface area contributed by atoms with Gasteiger partial charge in [0.05, 0.1) is 0 Å². The fourth-order valence-corrected chi connectivity index (χ4v) is 15.5. The first-order valence-electron chi connectivity index (χ1n) is 28.9. The minimum absolute atomic E-state index is 0.0279. The maximum atomic E-state index is 2.63. The van der Waals surface area contributed by atoms with Crippen LogP contribution in [0.2, 0.25) is 0 Å². The van der Waals surface area contributed by atoms with E-state index in [1.165, 1.54) is 185 Å². The highest BCUT2D eigenvalue weighted by Gasteiger charge is 2.39. The first-order chi connectivity index (χ1) is 39.2. The number of fused-ring (bicyclic) bond motifs is 14. The lowest BCUT2D eigenvalue weighted by atomic mass is 9.37. The van der Waals surface area contributed by atoms with E-state index in [1.807, 2.05) is 0 Å². The Morgan fingerprint density at radius 1 is 0.212 bits per heavy atom. The Labute approximate surface area is 465 Å². The van der Waals surface area contributed by atoms with Gasteiger partial charge in [0, 0.05) is 0 Å². The van der Waals surface area contributed by atoms with E-state index in [2.05, 4.69) is 258 Å². The van der Waals surface area contributed by atoms with Crippen LogP contribution in [0, 0.1) is 0 Å². The van der Waals surface area contributed by atoms with Crippen molar-refractivity contribution < 1.29 is 0 Å². The molecule has 0 saturated heterocycles. The van der Waals surface area contributed by atoms with E-state index < -0.39 is 0 Å². The molecule has 0 nitrogen and oxygen atoms in total. The van der Waals surface area contributed by atoms with Gasteiger partial charge < -0.3 is 0 Å². The molecule has 0 spiro atoms. The van der Waals surface area contributed by atoms with Crippen LogP contribution >= 0.6 is 0 Å². The number of rotatable bonds is 4.